The molecule has 0 aliphatic rings. The van der Waals surface area contributed by atoms with Crippen LogP contribution >= 0.6 is 7.37 Å². The Morgan fingerprint density at radius 1 is 1.23 bits per heavy atom. The predicted octanol–water partition coefficient (Wildman–Crippen LogP) is 2.93. The highest BCUT2D eigenvalue weighted by atomic mass is 31.2. The van der Waals surface area contributed by atoms with E-state index in [-0.39, 0.29) is 12.0 Å². The molecule has 0 saturated carbocycles. The van der Waals surface area contributed by atoms with E-state index >= 15 is 0 Å². The second-order valence-corrected chi connectivity index (χ2v) is 7.23. The molecule has 0 radical (unpaired) electrons. The maximum absolute atomic E-state index is 12.8. The van der Waals surface area contributed by atoms with Crippen molar-refractivity contribution in [2.24, 2.45) is 0 Å². The third kappa shape index (κ3) is 6.99. The van der Waals surface area contributed by atoms with Crippen molar-refractivity contribution in [1.29, 1.82) is 0 Å². The highest BCUT2D eigenvalue weighted by molar-refractivity contribution is 7.58. The molecule has 0 aliphatic heterocycles. The van der Waals surface area contributed by atoms with E-state index in [2.05, 4.69) is 5.32 Å². The van der Waals surface area contributed by atoms with Gasteiger partial charge in [-0.15, -0.1) is 0 Å². The van der Waals surface area contributed by atoms with Crippen LogP contribution in [-0.2, 0) is 20.6 Å². The fraction of sp³-hybridized carbons (Fsp3) is 0.600. The molecule has 0 aromatic heterocycles. The van der Waals surface area contributed by atoms with Crippen LogP contribution in [0.4, 0.5) is 4.39 Å². The van der Waals surface area contributed by atoms with Crippen LogP contribution in [0.3, 0.4) is 0 Å². The first kappa shape index (κ1) is 19.3. The number of rotatable bonds is 11. The Labute approximate surface area is 131 Å². The van der Waals surface area contributed by atoms with E-state index in [1.54, 1.807) is 26.0 Å². The van der Waals surface area contributed by atoms with Gasteiger partial charge in [0.05, 0.1) is 0 Å². The standard InChI is InChI=1S/C15H25FNO4P/c1-3-20-15(21-4-2)22(18,19)11-5-10-17-12-13-6-8-14(16)9-7-13/h6-9,15,17H,3-5,10-12H2,1-2H3,(H,18,19). The monoisotopic (exact) mass is 333 g/mol. The van der Waals surface area contributed by atoms with E-state index in [0.29, 0.717) is 32.7 Å². The zero-order valence-corrected chi connectivity index (χ0v) is 14.0. The molecule has 7 heteroatoms. The first-order valence-electron chi connectivity index (χ1n) is 7.49. The maximum atomic E-state index is 12.8. The van der Waals surface area contributed by atoms with Crippen molar-refractivity contribution >= 4 is 7.37 Å². The second-order valence-electron chi connectivity index (χ2n) is 4.85. The van der Waals surface area contributed by atoms with Crippen molar-refractivity contribution in [2.45, 2.75) is 32.8 Å². The molecule has 0 bridgehead atoms. The summed E-state index contributed by atoms with van der Waals surface area (Å²) in [6, 6.07) is 5.19. The number of benzene rings is 1. The quantitative estimate of drug-likeness (QED) is 0.370. The summed E-state index contributed by atoms with van der Waals surface area (Å²) < 4.78 is 35.3. The van der Waals surface area contributed by atoms with Crippen LogP contribution in [0.25, 0.3) is 0 Å². The van der Waals surface area contributed by atoms with E-state index in [4.69, 9.17) is 9.47 Å². The normalized spacial score (nSPS) is 14.2. The summed E-state index contributed by atoms with van der Waals surface area (Å²) in [5.41, 5.74) is 0.968. The molecule has 2 N–H and O–H groups in total. The van der Waals surface area contributed by atoms with E-state index in [0.717, 1.165) is 5.56 Å². The predicted molar refractivity (Wildman–Crippen MR) is 84.5 cm³/mol. The Bertz CT molecular complexity index is 463. The van der Waals surface area contributed by atoms with Crippen LogP contribution < -0.4 is 5.32 Å². The van der Waals surface area contributed by atoms with Gasteiger partial charge in [-0.1, -0.05) is 12.1 Å². The zero-order chi connectivity index (χ0) is 16.4. The largest absolute Gasteiger partial charge is 0.345 e. The van der Waals surface area contributed by atoms with Gasteiger partial charge in [0.15, 0.2) is 0 Å². The maximum Gasteiger partial charge on any atom is 0.255 e. The lowest BCUT2D eigenvalue weighted by molar-refractivity contribution is -0.0871. The minimum Gasteiger partial charge on any atom is -0.345 e. The molecular formula is C15H25FNO4P. The van der Waals surface area contributed by atoms with Crippen molar-refractivity contribution in [3.8, 4) is 0 Å². The van der Waals surface area contributed by atoms with Crippen LogP contribution in [0.2, 0.25) is 0 Å². The summed E-state index contributed by atoms with van der Waals surface area (Å²) >= 11 is 0. The summed E-state index contributed by atoms with van der Waals surface area (Å²) in [4.78, 5) is 10.0. The molecule has 1 rings (SSSR count). The summed E-state index contributed by atoms with van der Waals surface area (Å²) in [5, 5.41) is 3.16. The van der Waals surface area contributed by atoms with Gasteiger partial charge in [0.1, 0.15) is 5.82 Å². The van der Waals surface area contributed by atoms with E-state index in [1.165, 1.54) is 12.1 Å². The van der Waals surface area contributed by atoms with Crippen molar-refractivity contribution in [2.75, 3.05) is 25.9 Å². The van der Waals surface area contributed by atoms with Crippen LogP contribution in [-0.4, -0.2) is 36.8 Å². The molecule has 126 valence electrons. The molecule has 1 aromatic rings. The molecule has 1 aromatic carbocycles. The minimum atomic E-state index is -3.49. The molecule has 0 aliphatic carbocycles. The Balaban J connectivity index is 2.29. The number of hydrogen-bond acceptors (Lipinski definition) is 4. The summed E-state index contributed by atoms with van der Waals surface area (Å²) in [6.45, 7) is 5.37. The lowest BCUT2D eigenvalue weighted by atomic mass is 10.2. The van der Waals surface area contributed by atoms with E-state index in [1.807, 2.05) is 0 Å². The fourth-order valence-electron chi connectivity index (χ4n) is 1.94. The van der Waals surface area contributed by atoms with Crippen molar-refractivity contribution in [3.63, 3.8) is 0 Å². The minimum absolute atomic E-state index is 0.133. The summed E-state index contributed by atoms with van der Waals surface area (Å²) in [6.07, 6.45) is 0.666. The Hall–Kier alpha value is -0.780. The number of nitrogens with one attached hydrogen (secondary N) is 1. The number of hydrogen-bond donors (Lipinski definition) is 2. The van der Waals surface area contributed by atoms with Crippen LogP contribution in [0.5, 0.6) is 0 Å². The molecular weight excluding hydrogens is 308 g/mol. The third-order valence-electron chi connectivity index (χ3n) is 3.02. The molecule has 1 unspecified atom stereocenters. The Morgan fingerprint density at radius 3 is 2.36 bits per heavy atom. The summed E-state index contributed by atoms with van der Waals surface area (Å²) in [5.74, 6) is -0.261. The van der Waals surface area contributed by atoms with Crippen LogP contribution in [0, 0.1) is 5.82 Å². The molecule has 0 fully saturated rings. The molecule has 0 amide bonds. The molecule has 5 nitrogen and oxygen atoms in total. The third-order valence-corrected chi connectivity index (χ3v) is 4.94. The molecule has 0 spiro atoms. The average molecular weight is 333 g/mol. The Kier molecular flexibility index (Phi) is 8.83. The van der Waals surface area contributed by atoms with Gasteiger partial charge in [-0.2, -0.15) is 0 Å². The molecule has 22 heavy (non-hydrogen) atoms. The van der Waals surface area contributed by atoms with Gasteiger partial charge in [0.25, 0.3) is 7.37 Å². The van der Waals surface area contributed by atoms with Gasteiger partial charge < -0.3 is 19.7 Å². The first-order chi connectivity index (χ1) is 10.5. The average Bonchev–Trinajstić information content (AvgIpc) is 2.48. The molecule has 0 heterocycles. The van der Waals surface area contributed by atoms with E-state index < -0.39 is 13.4 Å². The lowest BCUT2D eigenvalue weighted by Crippen LogP contribution is -2.21. The van der Waals surface area contributed by atoms with Crippen molar-refractivity contribution < 1.29 is 23.3 Å². The van der Waals surface area contributed by atoms with Gasteiger partial charge in [-0.3, -0.25) is 4.57 Å². The van der Waals surface area contributed by atoms with Crippen LogP contribution in [0.1, 0.15) is 25.8 Å². The molecule has 1 atom stereocenters. The zero-order valence-electron chi connectivity index (χ0n) is 13.1. The van der Waals surface area contributed by atoms with Gasteiger partial charge in [0.2, 0.25) is 6.03 Å². The van der Waals surface area contributed by atoms with Gasteiger partial charge in [-0.05, 0) is 44.5 Å². The first-order valence-corrected chi connectivity index (χ1v) is 9.40. The van der Waals surface area contributed by atoms with Crippen molar-refractivity contribution in [3.05, 3.63) is 35.6 Å². The van der Waals surface area contributed by atoms with Crippen LogP contribution in [0.15, 0.2) is 24.3 Å². The second kappa shape index (κ2) is 10.1. The highest BCUT2D eigenvalue weighted by Crippen LogP contribution is 2.47. The number of halogens is 1. The lowest BCUT2D eigenvalue weighted by Gasteiger charge is -2.22. The topological polar surface area (TPSA) is 67.8 Å². The summed E-state index contributed by atoms with van der Waals surface area (Å²) in [7, 11) is -3.49. The number of ether oxygens (including phenoxy) is 2. The smallest absolute Gasteiger partial charge is 0.255 e. The SMILES string of the molecule is CCOC(OCC)P(=O)(O)CCCNCc1ccc(F)cc1. The van der Waals surface area contributed by atoms with Gasteiger partial charge >= 0.3 is 0 Å². The van der Waals surface area contributed by atoms with Gasteiger partial charge in [0, 0.05) is 25.9 Å². The van der Waals surface area contributed by atoms with E-state index in [9.17, 15) is 13.8 Å². The fourth-order valence-corrected chi connectivity index (χ4v) is 3.52. The molecule has 0 saturated heterocycles. The Morgan fingerprint density at radius 2 is 1.82 bits per heavy atom. The van der Waals surface area contributed by atoms with Gasteiger partial charge in [-0.25, -0.2) is 4.39 Å². The van der Waals surface area contributed by atoms with Crippen molar-refractivity contribution in [1.82, 2.24) is 5.32 Å². The highest BCUT2D eigenvalue weighted by Gasteiger charge is 2.31.